The molecule has 1 aliphatic heterocycles. The lowest BCUT2D eigenvalue weighted by Gasteiger charge is -2.29. The summed E-state index contributed by atoms with van der Waals surface area (Å²) in [5.41, 5.74) is 8.80. The Morgan fingerprint density at radius 2 is 1.76 bits per heavy atom. The van der Waals surface area contributed by atoms with Crippen LogP contribution in [0, 0.1) is 12.8 Å². The Morgan fingerprint density at radius 3 is 2.47 bits per heavy atom. The number of phenols is 1. The zero-order valence-electron chi connectivity index (χ0n) is 33.1. The number of likely N-dealkylation sites (N-methyl/N-ethyl adjacent to an activating group) is 1. The van der Waals surface area contributed by atoms with Gasteiger partial charge in [0.25, 0.3) is 5.88 Å². The lowest BCUT2D eigenvalue weighted by Crippen LogP contribution is -2.48. The van der Waals surface area contributed by atoms with E-state index in [9.17, 15) is 19.8 Å². The number of carbonyl (C=O) groups is 2. The van der Waals surface area contributed by atoms with Crippen LogP contribution in [0.4, 0.5) is 5.69 Å². The van der Waals surface area contributed by atoms with Gasteiger partial charge >= 0.3 is 0 Å². The van der Waals surface area contributed by atoms with Gasteiger partial charge in [0, 0.05) is 42.9 Å². The number of hydrogen-bond acceptors (Lipinski definition) is 12. The molecule has 58 heavy (non-hydrogen) atoms. The molecule has 4 atom stereocenters. The van der Waals surface area contributed by atoms with Crippen LogP contribution in [0.3, 0.4) is 0 Å². The number of aromatic nitrogens is 4. The van der Waals surface area contributed by atoms with E-state index in [-0.39, 0.29) is 48.4 Å². The largest absolute Gasteiger partial charge is 0.507 e. The predicted octanol–water partition coefficient (Wildman–Crippen LogP) is 7.03. The number of aromatic hydroxyl groups is 1. The molecule has 1 saturated heterocycles. The van der Waals surface area contributed by atoms with Gasteiger partial charge in [0.2, 0.25) is 11.8 Å². The Labute approximate surface area is 341 Å². The molecule has 1 aliphatic rings. The van der Waals surface area contributed by atoms with Crippen molar-refractivity contribution in [3.05, 3.63) is 114 Å². The normalized spacial score (nSPS) is 16.3. The molecule has 7 rings (SSSR count). The van der Waals surface area contributed by atoms with Crippen molar-refractivity contribution in [2.75, 3.05) is 31.6 Å². The van der Waals surface area contributed by atoms with Crippen LogP contribution in [0.15, 0.2) is 101 Å². The van der Waals surface area contributed by atoms with Gasteiger partial charge in [0.05, 0.1) is 46.7 Å². The molecule has 0 saturated carbocycles. The molecule has 0 aliphatic carbocycles. The van der Waals surface area contributed by atoms with Gasteiger partial charge in [-0.15, -0.1) is 11.3 Å². The molecule has 4 heterocycles. The maximum atomic E-state index is 14.1. The molecule has 1 fully saturated rings. The molecule has 2 amide bonds. The molecule has 3 aromatic heterocycles. The van der Waals surface area contributed by atoms with Gasteiger partial charge in [-0.05, 0) is 71.9 Å². The first-order valence-electron chi connectivity index (χ1n) is 19.3. The quantitative estimate of drug-likeness (QED) is 0.104. The highest BCUT2D eigenvalue weighted by molar-refractivity contribution is 7.13. The second-order valence-electron chi connectivity index (χ2n) is 15.0. The van der Waals surface area contributed by atoms with Gasteiger partial charge in [-0.1, -0.05) is 62.4 Å². The van der Waals surface area contributed by atoms with Gasteiger partial charge in [-0.25, -0.2) is 4.98 Å². The maximum absolute atomic E-state index is 14.1. The molecule has 0 bridgehead atoms. The Bertz CT molecular complexity index is 2350. The number of nitrogens with zero attached hydrogens (tertiary/aromatic N) is 6. The number of aliphatic hydroxyl groups is 1. The molecule has 1 unspecified atom stereocenters. The summed E-state index contributed by atoms with van der Waals surface area (Å²) in [5, 5.41) is 36.4. The summed E-state index contributed by atoms with van der Waals surface area (Å²) in [4.78, 5) is 36.8. The van der Waals surface area contributed by atoms with E-state index in [1.165, 1.54) is 4.90 Å². The number of ether oxygens (including phenoxy) is 1. The molecular weight excluding hydrogens is 755 g/mol. The first-order chi connectivity index (χ1) is 28.0. The lowest BCUT2D eigenvalue weighted by atomic mass is 9.91. The summed E-state index contributed by atoms with van der Waals surface area (Å²) in [6.45, 7) is 8.58. The van der Waals surface area contributed by atoms with Gasteiger partial charge in [-0.2, -0.15) is 10.2 Å². The molecule has 0 spiro atoms. The summed E-state index contributed by atoms with van der Waals surface area (Å²) >= 11 is 1.59. The van der Waals surface area contributed by atoms with E-state index in [0.29, 0.717) is 30.2 Å². The minimum absolute atomic E-state index is 0.0426. The SMILES string of the molecule is Cc1ncsc1-c1ccc([C@H](C)NC(=O)[C@@H]2C[C@@H](O)CN2C(=O)C(c2cc(OCCN(C)c3ccc(-c4cnnc(-c5ccccc5O)c4)cc3)no2)C(C)C)cc1. The fourth-order valence-electron chi connectivity index (χ4n) is 7.27. The van der Waals surface area contributed by atoms with Crippen LogP contribution >= 0.6 is 11.3 Å². The number of hydrogen-bond donors (Lipinski definition) is 3. The smallest absolute Gasteiger partial charge is 0.254 e. The number of β-amino-alcohol motifs (C(OH)–C–C–N with tert-alkyl or cyclic N) is 1. The summed E-state index contributed by atoms with van der Waals surface area (Å²) < 4.78 is 11.6. The van der Waals surface area contributed by atoms with Crippen molar-refractivity contribution >= 4 is 28.8 Å². The van der Waals surface area contributed by atoms with E-state index < -0.39 is 18.1 Å². The fourth-order valence-corrected chi connectivity index (χ4v) is 8.08. The molecule has 14 heteroatoms. The monoisotopic (exact) mass is 801 g/mol. The number of phenolic OH excluding ortho intramolecular Hbond substituents is 1. The Morgan fingerprint density at radius 1 is 1.02 bits per heavy atom. The van der Waals surface area contributed by atoms with Gasteiger partial charge in [0.1, 0.15) is 24.3 Å². The van der Waals surface area contributed by atoms with Crippen molar-refractivity contribution in [1.29, 1.82) is 0 Å². The average Bonchev–Trinajstić information content (AvgIpc) is 3.98. The Hall–Kier alpha value is -6.12. The van der Waals surface area contributed by atoms with E-state index in [1.54, 1.807) is 41.8 Å². The Kier molecular flexibility index (Phi) is 12.1. The molecular formula is C44H47N7O6S. The van der Waals surface area contributed by atoms with Crippen LogP contribution in [-0.4, -0.2) is 86.2 Å². The van der Waals surface area contributed by atoms with Crippen molar-refractivity contribution in [3.63, 3.8) is 0 Å². The van der Waals surface area contributed by atoms with Crippen molar-refractivity contribution < 1.29 is 29.1 Å². The first kappa shape index (κ1) is 40.1. The second-order valence-corrected chi connectivity index (χ2v) is 15.8. The third kappa shape index (κ3) is 8.88. The number of thiazole rings is 1. The first-order valence-corrected chi connectivity index (χ1v) is 20.2. The predicted molar refractivity (Wildman–Crippen MR) is 222 cm³/mol. The van der Waals surface area contributed by atoms with Crippen molar-refractivity contribution in [1.82, 2.24) is 30.6 Å². The van der Waals surface area contributed by atoms with Gasteiger partial charge in [-0.3, -0.25) is 9.59 Å². The van der Waals surface area contributed by atoms with Crippen LogP contribution in [0.25, 0.3) is 32.8 Å². The number of para-hydroxylation sites is 1. The highest BCUT2D eigenvalue weighted by Gasteiger charge is 2.43. The zero-order valence-corrected chi connectivity index (χ0v) is 33.9. The number of amides is 2. The topological polar surface area (TPSA) is 167 Å². The molecule has 300 valence electrons. The van der Waals surface area contributed by atoms with E-state index in [4.69, 9.17) is 9.26 Å². The number of carbonyl (C=O) groups excluding carboxylic acids is 2. The summed E-state index contributed by atoms with van der Waals surface area (Å²) in [7, 11) is 1.96. The number of benzene rings is 3. The Balaban J connectivity index is 0.940. The van der Waals surface area contributed by atoms with Gasteiger partial charge in [0.15, 0.2) is 5.76 Å². The zero-order chi connectivity index (χ0) is 40.9. The number of anilines is 1. The highest BCUT2D eigenvalue weighted by atomic mass is 32.1. The van der Waals surface area contributed by atoms with Crippen molar-refractivity contribution in [2.24, 2.45) is 5.92 Å². The van der Waals surface area contributed by atoms with E-state index in [1.807, 2.05) is 106 Å². The van der Waals surface area contributed by atoms with E-state index >= 15 is 0 Å². The number of nitrogens with one attached hydrogen (secondary N) is 1. The fraction of sp³-hybridized carbons (Fsp3) is 0.318. The molecule has 3 aromatic carbocycles. The van der Waals surface area contributed by atoms with Crippen LogP contribution in [0.1, 0.15) is 56.2 Å². The summed E-state index contributed by atoms with van der Waals surface area (Å²) in [5.74, 6) is -0.834. The summed E-state index contributed by atoms with van der Waals surface area (Å²) in [6, 6.07) is 25.4. The minimum atomic E-state index is -0.837. The van der Waals surface area contributed by atoms with Crippen LogP contribution in [-0.2, 0) is 9.59 Å². The maximum Gasteiger partial charge on any atom is 0.254 e. The van der Waals surface area contributed by atoms with Gasteiger partial charge < -0.3 is 34.6 Å². The van der Waals surface area contributed by atoms with Crippen molar-refractivity contribution in [3.8, 4) is 44.5 Å². The third-order valence-corrected chi connectivity index (χ3v) is 11.5. The standard InChI is InChI=1S/C44H47N7O6S/c1-26(2)41(44(55)51-24-34(52)21-37(51)43(54)47-27(3)29-10-12-31(13-11-29)42-28(4)45-25-58-42)39-22-40(49-57-39)56-19-18-50(5)33-16-14-30(15-17-33)32-20-36(48-46-23-32)35-8-6-7-9-38(35)53/h6-17,20,22-23,25-27,34,37,41,52-53H,18-19,21,24H2,1-5H3,(H,47,54)/t27-,34+,37-,41?/m0/s1. The molecule has 3 N–H and O–H groups in total. The average molecular weight is 802 g/mol. The summed E-state index contributed by atoms with van der Waals surface area (Å²) in [6.07, 6.45) is 1.00. The minimum Gasteiger partial charge on any atom is -0.507 e. The van der Waals surface area contributed by atoms with E-state index in [2.05, 4.69) is 25.7 Å². The molecule has 13 nitrogen and oxygen atoms in total. The van der Waals surface area contributed by atoms with E-state index in [0.717, 1.165) is 38.5 Å². The lowest BCUT2D eigenvalue weighted by molar-refractivity contribution is -0.141. The van der Waals surface area contributed by atoms with Crippen molar-refractivity contribution in [2.45, 2.75) is 58.2 Å². The number of aryl methyl sites for hydroxylation is 1. The van der Waals surface area contributed by atoms with Crippen LogP contribution < -0.4 is 15.0 Å². The number of rotatable bonds is 14. The highest BCUT2D eigenvalue weighted by Crippen LogP contribution is 2.34. The number of likely N-dealkylation sites (tertiary alicyclic amines) is 1. The van der Waals surface area contributed by atoms with Crippen LogP contribution in [0.2, 0.25) is 0 Å². The number of aliphatic hydroxyl groups excluding tert-OH is 1. The molecule has 0 radical (unpaired) electrons. The second kappa shape index (κ2) is 17.6. The molecule has 6 aromatic rings. The van der Waals surface area contributed by atoms with Crippen LogP contribution in [0.5, 0.6) is 11.6 Å². The third-order valence-electron chi connectivity index (χ3n) is 10.5.